The van der Waals surface area contributed by atoms with E-state index < -0.39 is 75.7 Å². The van der Waals surface area contributed by atoms with Crippen LogP contribution in [0.1, 0.15) is 219 Å². The van der Waals surface area contributed by atoms with Gasteiger partial charge in [-0.05, 0) is 64.2 Å². The second kappa shape index (κ2) is 39.5. The number of aliphatic hydroxyl groups excluding tert-OH is 5. The summed E-state index contributed by atoms with van der Waals surface area (Å²) in [6.07, 6.45) is 30.8. The Morgan fingerprint density at radius 1 is 0.476 bits per heavy atom. The number of unbranched alkanes of at least 4 members (excludes halogenated alkanes) is 26. The SMILES string of the molecule is CCCCCC/C=C/CCCCCCCCCCCC(=O)OC[C@@H](COP(=O)(O)OC1C(O)C(O)C(O)[C@H](O)C1O)OC(=O)CCCCCCCCCCC/C=C/CCCCCC. The van der Waals surface area contributed by atoms with Crippen molar-refractivity contribution < 1.29 is 63.1 Å². The Morgan fingerprint density at radius 2 is 0.810 bits per heavy atom. The lowest BCUT2D eigenvalue weighted by Gasteiger charge is -2.41. The minimum absolute atomic E-state index is 0.0962. The first kappa shape index (κ1) is 59.3. The summed E-state index contributed by atoms with van der Waals surface area (Å²) in [6, 6.07) is 0. The molecule has 1 rings (SSSR count). The summed E-state index contributed by atoms with van der Waals surface area (Å²) < 4.78 is 33.6. The standard InChI is InChI=1S/C49H91O13P/c1-3-5-7-9-11-13-15-17-19-21-23-25-27-29-31-33-35-37-42(50)59-39-41(40-60-63(57,58)62-49-47(55)45(53)44(52)46(54)48(49)56)61-43(51)38-36-34-32-30-28-26-24-22-20-18-16-14-12-10-8-6-4-2/h13-16,41,44-49,52-56H,3-12,17-40H2,1-2H3,(H,57,58)/b15-13+,16-14+/t41-,44?,45-,46?,47?,48?,49?/m0/s1. The zero-order valence-corrected chi connectivity index (χ0v) is 40.3. The lowest BCUT2D eigenvalue weighted by molar-refractivity contribution is -0.220. The van der Waals surface area contributed by atoms with Crippen LogP contribution in [0.15, 0.2) is 24.3 Å². The molecule has 370 valence electrons. The van der Waals surface area contributed by atoms with Gasteiger partial charge in [0.05, 0.1) is 6.61 Å². The number of aliphatic hydroxyl groups is 5. The molecule has 0 spiro atoms. The number of hydrogen-bond donors (Lipinski definition) is 6. The molecule has 63 heavy (non-hydrogen) atoms. The first-order valence-electron chi connectivity index (χ1n) is 25.1. The fourth-order valence-corrected chi connectivity index (χ4v) is 8.66. The van der Waals surface area contributed by atoms with Crippen LogP contribution >= 0.6 is 7.82 Å². The summed E-state index contributed by atoms with van der Waals surface area (Å²) in [7, 11) is -5.12. The molecular formula is C49H91O13P. The van der Waals surface area contributed by atoms with Gasteiger partial charge >= 0.3 is 19.8 Å². The van der Waals surface area contributed by atoms with E-state index in [2.05, 4.69) is 38.2 Å². The third-order valence-electron chi connectivity index (χ3n) is 11.8. The van der Waals surface area contributed by atoms with E-state index >= 15 is 0 Å². The van der Waals surface area contributed by atoms with E-state index in [1.54, 1.807) is 0 Å². The van der Waals surface area contributed by atoms with E-state index in [9.17, 15) is 44.6 Å². The van der Waals surface area contributed by atoms with E-state index in [4.69, 9.17) is 18.5 Å². The molecule has 1 aliphatic carbocycles. The molecule has 0 aliphatic heterocycles. The van der Waals surface area contributed by atoms with Crippen LogP contribution in [0.5, 0.6) is 0 Å². The van der Waals surface area contributed by atoms with Gasteiger partial charge < -0.3 is 39.9 Å². The molecule has 1 aliphatic rings. The lowest BCUT2D eigenvalue weighted by atomic mass is 9.85. The van der Waals surface area contributed by atoms with Crippen LogP contribution in [-0.4, -0.2) is 98.3 Å². The van der Waals surface area contributed by atoms with Crippen molar-refractivity contribution in [1.29, 1.82) is 0 Å². The molecule has 0 aromatic carbocycles. The highest BCUT2D eigenvalue weighted by Crippen LogP contribution is 2.47. The number of ether oxygens (including phenoxy) is 2. The zero-order chi connectivity index (χ0) is 46.4. The minimum Gasteiger partial charge on any atom is -0.462 e. The molecule has 6 unspecified atom stereocenters. The van der Waals surface area contributed by atoms with Gasteiger partial charge in [-0.3, -0.25) is 18.6 Å². The van der Waals surface area contributed by atoms with Gasteiger partial charge in [0.1, 0.15) is 43.2 Å². The molecule has 0 amide bonds. The lowest BCUT2D eigenvalue weighted by Crippen LogP contribution is -2.64. The predicted molar refractivity (Wildman–Crippen MR) is 249 cm³/mol. The van der Waals surface area contributed by atoms with Crippen LogP contribution in [0, 0.1) is 0 Å². The van der Waals surface area contributed by atoms with Gasteiger partial charge in [0.15, 0.2) is 6.10 Å². The van der Waals surface area contributed by atoms with Gasteiger partial charge in [0.2, 0.25) is 0 Å². The highest BCUT2D eigenvalue weighted by Gasteiger charge is 2.51. The van der Waals surface area contributed by atoms with Crippen LogP contribution in [0.25, 0.3) is 0 Å². The van der Waals surface area contributed by atoms with Crippen molar-refractivity contribution >= 4 is 19.8 Å². The molecule has 0 aromatic heterocycles. The first-order chi connectivity index (χ1) is 30.4. The number of esters is 2. The van der Waals surface area contributed by atoms with Crippen LogP contribution in [0.3, 0.4) is 0 Å². The van der Waals surface area contributed by atoms with Gasteiger partial charge in [-0.25, -0.2) is 4.57 Å². The molecule has 14 heteroatoms. The molecule has 0 bridgehead atoms. The van der Waals surface area contributed by atoms with Crippen molar-refractivity contribution in [3.63, 3.8) is 0 Å². The third-order valence-corrected chi connectivity index (χ3v) is 12.8. The van der Waals surface area contributed by atoms with Gasteiger partial charge in [-0.2, -0.15) is 0 Å². The van der Waals surface area contributed by atoms with Crippen molar-refractivity contribution in [2.45, 2.75) is 262 Å². The van der Waals surface area contributed by atoms with E-state index in [0.29, 0.717) is 12.8 Å². The fourth-order valence-electron chi connectivity index (χ4n) is 7.69. The molecule has 13 nitrogen and oxygen atoms in total. The number of hydrogen-bond acceptors (Lipinski definition) is 12. The number of rotatable bonds is 42. The van der Waals surface area contributed by atoms with Crippen LogP contribution in [-0.2, 0) is 32.7 Å². The topological polar surface area (TPSA) is 210 Å². The summed E-state index contributed by atoms with van der Waals surface area (Å²) in [6.45, 7) is 3.30. The number of phosphoric ester groups is 1. The van der Waals surface area contributed by atoms with Crippen molar-refractivity contribution in [3.8, 4) is 0 Å². The maximum atomic E-state index is 12.8. The van der Waals surface area contributed by atoms with E-state index in [1.165, 1.54) is 122 Å². The Hall–Kier alpha value is -1.67. The van der Waals surface area contributed by atoms with Gasteiger partial charge in [0, 0.05) is 12.8 Å². The summed E-state index contributed by atoms with van der Waals surface area (Å²) in [4.78, 5) is 35.8. The summed E-state index contributed by atoms with van der Waals surface area (Å²) in [5.74, 6) is -1.10. The van der Waals surface area contributed by atoms with E-state index in [1.807, 2.05) is 0 Å². The maximum Gasteiger partial charge on any atom is 0.472 e. The summed E-state index contributed by atoms with van der Waals surface area (Å²) in [5.41, 5.74) is 0. The average molecular weight is 919 g/mol. The Morgan fingerprint density at radius 3 is 1.21 bits per heavy atom. The number of allylic oxidation sites excluding steroid dienone is 4. The highest BCUT2D eigenvalue weighted by atomic mass is 31.2. The van der Waals surface area contributed by atoms with Gasteiger partial charge in [-0.15, -0.1) is 0 Å². The third kappa shape index (κ3) is 31.8. The second-order valence-electron chi connectivity index (χ2n) is 17.7. The first-order valence-corrected chi connectivity index (χ1v) is 26.6. The monoisotopic (exact) mass is 919 g/mol. The quantitative estimate of drug-likeness (QED) is 0.0146. The normalized spacial score (nSPS) is 21.8. The summed E-state index contributed by atoms with van der Waals surface area (Å²) in [5, 5.41) is 50.2. The Labute approximate surface area is 381 Å². The molecular weight excluding hydrogens is 827 g/mol. The molecule has 6 N–H and O–H groups in total. The summed E-state index contributed by atoms with van der Waals surface area (Å²) >= 11 is 0. The Kier molecular flexibility index (Phi) is 37.2. The predicted octanol–water partition coefficient (Wildman–Crippen LogP) is 10.4. The van der Waals surface area contributed by atoms with Crippen LogP contribution < -0.4 is 0 Å². The van der Waals surface area contributed by atoms with E-state index in [0.717, 1.165) is 57.8 Å². The van der Waals surface area contributed by atoms with Gasteiger partial charge in [-0.1, -0.05) is 167 Å². The number of carbonyl (C=O) groups excluding carboxylic acids is 2. The van der Waals surface area contributed by atoms with Crippen molar-refractivity contribution in [2.75, 3.05) is 13.2 Å². The fraction of sp³-hybridized carbons (Fsp3) is 0.878. The zero-order valence-electron chi connectivity index (χ0n) is 39.4. The smallest absolute Gasteiger partial charge is 0.462 e. The van der Waals surface area contributed by atoms with Crippen molar-refractivity contribution in [3.05, 3.63) is 24.3 Å². The number of phosphoric acid groups is 1. The average Bonchev–Trinajstić information content (AvgIpc) is 3.26. The molecule has 8 atom stereocenters. The molecule has 0 heterocycles. The Bertz CT molecular complexity index is 1200. The Balaban J connectivity index is 2.41. The largest absolute Gasteiger partial charge is 0.472 e. The second-order valence-corrected chi connectivity index (χ2v) is 19.1. The highest BCUT2D eigenvalue weighted by molar-refractivity contribution is 7.47. The van der Waals surface area contributed by atoms with Gasteiger partial charge in [0.25, 0.3) is 0 Å². The van der Waals surface area contributed by atoms with Crippen molar-refractivity contribution in [1.82, 2.24) is 0 Å². The molecule has 0 aromatic rings. The van der Waals surface area contributed by atoms with E-state index in [-0.39, 0.29) is 12.8 Å². The minimum atomic E-state index is -5.12. The van der Waals surface area contributed by atoms with Crippen LogP contribution in [0.4, 0.5) is 0 Å². The molecule has 0 saturated heterocycles. The maximum absolute atomic E-state index is 12.8. The van der Waals surface area contributed by atoms with Crippen molar-refractivity contribution in [2.24, 2.45) is 0 Å². The molecule has 0 radical (unpaired) electrons. The number of carbonyl (C=O) groups is 2. The molecule has 1 fully saturated rings. The molecule has 1 saturated carbocycles. The van der Waals surface area contributed by atoms with Crippen LogP contribution in [0.2, 0.25) is 0 Å².